The van der Waals surface area contributed by atoms with Crippen LogP contribution in [0.15, 0.2) is 18.2 Å². The lowest BCUT2D eigenvalue weighted by Crippen LogP contribution is -2.30. The fraction of sp³-hybridized carbons (Fsp3) is 0.364. The zero-order chi connectivity index (χ0) is 10.8. The molecule has 2 rings (SSSR count). The summed E-state index contributed by atoms with van der Waals surface area (Å²) in [6.07, 6.45) is 0.551. The molecule has 4 heteroatoms. The first kappa shape index (κ1) is 9.98. The van der Waals surface area contributed by atoms with E-state index >= 15 is 0 Å². The molecular weight excluding hydrogens is 194 g/mol. The number of carbonyl (C=O) groups excluding carboxylic acids is 1. The molecule has 0 saturated heterocycles. The minimum absolute atomic E-state index is 0.0820. The zero-order valence-corrected chi connectivity index (χ0v) is 8.53. The summed E-state index contributed by atoms with van der Waals surface area (Å²) in [4.78, 5) is 11.8. The predicted molar refractivity (Wildman–Crippen MR) is 55.4 cm³/mol. The molecule has 1 heterocycles. The van der Waals surface area contributed by atoms with Gasteiger partial charge in [-0.05, 0) is 18.2 Å². The van der Waals surface area contributed by atoms with E-state index in [2.05, 4.69) is 0 Å². The molecule has 1 atom stereocenters. The van der Waals surface area contributed by atoms with Crippen molar-refractivity contribution in [3.05, 3.63) is 23.8 Å². The van der Waals surface area contributed by atoms with Crippen LogP contribution in [-0.2, 0) is 0 Å². The Labute approximate surface area is 88.0 Å². The lowest BCUT2D eigenvalue weighted by Gasteiger charge is -2.08. The van der Waals surface area contributed by atoms with Crippen LogP contribution in [-0.4, -0.2) is 25.5 Å². The van der Waals surface area contributed by atoms with Gasteiger partial charge in [-0.1, -0.05) is 0 Å². The molecule has 1 aliphatic rings. The van der Waals surface area contributed by atoms with E-state index in [1.165, 1.54) is 0 Å². The van der Waals surface area contributed by atoms with Crippen molar-refractivity contribution in [2.75, 3.05) is 13.7 Å². The first-order chi connectivity index (χ1) is 7.22. The maximum atomic E-state index is 11.8. The van der Waals surface area contributed by atoms with Gasteiger partial charge in [0.1, 0.15) is 11.5 Å². The van der Waals surface area contributed by atoms with E-state index in [1.54, 1.807) is 25.3 Å². The summed E-state index contributed by atoms with van der Waals surface area (Å²) >= 11 is 0. The normalized spacial score (nSPS) is 20.1. The number of ether oxygens (including phenoxy) is 2. The summed E-state index contributed by atoms with van der Waals surface area (Å²) in [5.41, 5.74) is 6.23. The first-order valence-corrected chi connectivity index (χ1v) is 4.83. The molecule has 1 aromatic rings. The molecule has 0 saturated carbocycles. The topological polar surface area (TPSA) is 61.5 Å². The van der Waals surface area contributed by atoms with Crippen molar-refractivity contribution in [3.63, 3.8) is 0 Å². The fourth-order valence-electron chi connectivity index (χ4n) is 1.58. The molecule has 0 spiro atoms. The molecular formula is C11H13NO3. The second kappa shape index (κ2) is 3.90. The van der Waals surface area contributed by atoms with Crippen LogP contribution in [0.4, 0.5) is 0 Å². The second-order valence-electron chi connectivity index (χ2n) is 3.47. The van der Waals surface area contributed by atoms with Gasteiger partial charge in [0.25, 0.3) is 0 Å². The number of nitrogens with two attached hydrogens (primary N) is 1. The largest absolute Gasteiger partial charge is 0.497 e. The van der Waals surface area contributed by atoms with Gasteiger partial charge in [0.05, 0.1) is 25.3 Å². The van der Waals surface area contributed by atoms with E-state index in [4.69, 9.17) is 15.2 Å². The smallest absolute Gasteiger partial charge is 0.183 e. The molecule has 0 radical (unpaired) electrons. The van der Waals surface area contributed by atoms with E-state index < -0.39 is 6.04 Å². The highest BCUT2D eigenvalue weighted by Gasteiger charge is 2.23. The number of methoxy groups -OCH3 is 1. The Balaban J connectivity index is 2.46. The van der Waals surface area contributed by atoms with Gasteiger partial charge in [-0.25, -0.2) is 0 Å². The summed E-state index contributed by atoms with van der Waals surface area (Å²) in [6, 6.07) is 4.70. The number of hydrogen-bond donors (Lipinski definition) is 1. The number of Topliss-reactive ketones (excluding diaryl/α,β-unsaturated/α-hetero) is 1. The minimum Gasteiger partial charge on any atom is -0.497 e. The molecule has 0 amide bonds. The molecule has 80 valence electrons. The van der Waals surface area contributed by atoms with Crippen LogP contribution in [0, 0.1) is 0 Å². The summed E-state index contributed by atoms with van der Waals surface area (Å²) in [5.74, 6) is 1.15. The standard InChI is InChI=1S/C11H13NO3/c1-14-7-2-3-10-8(6-7)11(13)9(12)4-5-15-10/h2-3,6,9H,4-5,12H2,1H3/t9-/m0/s1. The Bertz CT molecular complexity index is 389. The second-order valence-corrected chi connectivity index (χ2v) is 3.47. The average Bonchev–Trinajstić information content (AvgIpc) is 2.40. The monoisotopic (exact) mass is 207 g/mol. The number of carbonyl (C=O) groups is 1. The molecule has 1 aromatic carbocycles. The molecule has 0 fully saturated rings. The summed E-state index contributed by atoms with van der Waals surface area (Å²) < 4.78 is 10.5. The van der Waals surface area contributed by atoms with Gasteiger partial charge in [-0.15, -0.1) is 0 Å². The molecule has 0 aliphatic carbocycles. The molecule has 1 aliphatic heterocycles. The van der Waals surface area contributed by atoms with E-state index in [-0.39, 0.29) is 5.78 Å². The van der Waals surface area contributed by atoms with E-state index in [0.29, 0.717) is 30.1 Å². The highest BCUT2D eigenvalue weighted by atomic mass is 16.5. The van der Waals surface area contributed by atoms with Crippen LogP contribution in [0.25, 0.3) is 0 Å². The van der Waals surface area contributed by atoms with Gasteiger partial charge in [0.15, 0.2) is 5.78 Å². The third-order valence-corrected chi connectivity index (χ3v) is 2.48. The maximum absolute atomic E-state index is 11.8. The lowest BCUT2D eigenvalue weighted by atomic mass is 10.0. The van der Waals surface area contributed by atoms with Gasteiger partial charge >= 0.3 is 0 Å². The van der Waals surface area contributed by atoms with Gasteiger partial charge in [0, 0.05) is 6.42 Å². The van der Waals surface area contributed by atoms with Crippen molar-refractivity contribution < 1.29 is 14.3 Å². The maximum Gasteiger partial charge on any atom is 0.183 e. The third kappa shape index (κ3) is 1.80. The molecule has 2 N–H and O–H groups in total. The summed E-state index contributed by atoms with van der Waals surface area (Å²) in [5, 5.41) is 0. The summed E-state index contributed by atoms with van der Waals surface area (Å²) in [6.45, 7) is 0.478. The van der Waals surface area contributed by atoms with Crippen LogP contribution in [0.5, 0.6) is 11.5 Å². The van der Waals surface area contributed by atoms with Crippen LogP contribution < -0.4 is 15.2 Å². The van der Waals surface area contributed by atoms with Crippen LogP contribution in [0.1, 0.15) is 16.8 Å². The Morgan fingerprint density at radius 1 is 1.53 bits per heavy atom. The minimum atomic E-state index is -0.474. The molecule has 15 heavy (non-hydrogen) atoms. The lowest BCUT2D eigenvalue weighted by molar-refractivity contribution is 0.0960. The predicted octanol–water partition coefficient (Wildman–Crippen LogP) is 0.988. The molecule has 0 unspecified atom stereocenters. The van der Waals surface area contributed by atoms with Crippen molar-refractivity contribution in [1.82, 2.24) is 0 Å². The van der Waals surface area contributed by atoms with Crippen molar-refractivity contribution in [2.24, 2.45) is 5.73 Å². The fourth-order valence-corrected chi connectivity index (χ4v) is 1.58. The number of benzene rings is 1. The van der Waals surface area contributed by atoms with Crippen LogP contribution in [0.2, 0.25) is 0 Å². The summed E-state index contributed by atoms with van der Waals surface area (Å²) in [7, 11) is 1.56. The van der Waals surface area contributed by atoms with Gasteiger partial charge in [0.2, 0.25) is 0 Å². The Hall–Kier alpha value is -1.55. The highest BCUT2D eigenvalue weighted by Crippen LogP contribution is 2.27. The van der Waals surface area contributed by atoms with Crippen molar-refractivity contribution in [2.45, 2.75) is 12.5 Å². The number of hydrogen-bond acceptors (Lipinski definition) is 4. The van der Waals surface area contributed by atoms with Gasteiger partial charge in [-0.2, -0.15) is 0 Å². The van der Waals surface area contributed by atoms with Gasteiger partial charge in [-0.3, -0.25) is 4.79 Å². The molecule has 0 aromatic heterocycles. The average molecular weight is 207 g/mol. The Morgan fingerprint density at radius 2 is 2.33 bits per heavy atom. The number of rotatable bonds is 1. The van der Waals surface area contributed by atoms with E-state index in [0.717, 1.165) is 0 Å². The van der Waals surface area contributed by atoms with E-state index in [9.17, 15) is 4.79 Å². The third-order valence-electron chi connectivity index (χ3n) is 2.48. The zero-order valence-electron chi connectivity index (χ0n) is 8.53. The Kier molecular flexibility index (Phi) is 2.60. The first-order valence-electron chi connectivity index (χ1n) is 4.83. The number of fused-ring (bicyclic) bond motifs is 1. The SMILES string of the molecule is COc1ccc2c(c1)C(=O)[C@@H](N)CCO2. The number of ketones is 1. The highest BCUT2D eigenvalue weighted by molar-refractivity contribution is 6.02. The van der Waals surface area contributed by atoms with Crippen LogP contribution in [0.3, 0.4) is 0 Å². The van der Waals surface area contributed by atoms with E-state index in [1.807, 2.05) is 0 Å². The Morgan fingerprint density at radius 3 is 3.07 bits per heavy atom. The van der Waals surface area contributed by atoms with Crippen molar-refractivity contribution in [1.29, 1.82) is 0 Å². The molecule has 4 nitrogen and oxygen atoms in total. The quantitative estimate of drug-likeness (QED) is 0.745. The molecule has 0 bridgehead atoms. The van der Waals surface area contributed by atoms with Gasteiger partial charge < -0.3 is 15.2 Å². The van der Waals surface area contributed by atoms with Crippen molar-refractivity contribution >= 4 is 5.78 Å². The van der Waals surface area contributed by atoms with Crippen LogP contribution >= 0.6 is 0 Å². The van der Waals surface area contributed by atoms with Crippen molar-refractivity contribution in [3.8, 4) is 11.5 Å².